The molecule has 2 nitrogen and oxygen atoms in total. The summed E-state index contributed by atoms with van der Waals surface area (Å²) in [5, 5.41) is 0. The Labute approximate surface area is 114 Å². The zero-order valence-corrected chi connectivity index (χ0v) is 11.4. The molecule has 98 valence electrons. The highest BCUT2D eigenvalue weighted by atomic mass is 32.2. The molecule has 3 heteroatoms. The fourth-order valence-corrected chi connectivity index (χ4v) is 3.52. The largest absolute Gasteiger partial charge is 0.228 e. The van der Waals surface area contributed by atoms with Crippen LogP contribution in [-0.4, -0.2) is 8.42 Å². The fourth-order valence-electron chi connectivity index (χ4n) is 1.98. The second-order valence-electron chi connectivity index (χ2n) is 4.42. The second kappa shape index (κ2) is 5.85. The van der Waals surface area contributed by atoms with Gasteiger partial charge in [-0.1, -0.05) is 67.3 Å². The standard InChI is InChI=1S/C16H16O2S/c1-2-15-10-6-7-11-16(15)13-19(17,18)12-14-8-4-3-5-9-14/h2-11H,1,12-13H2. The van der Waals surface area contributed by atoms with E-state index in [0.717, 1.165) is 16.7 Å². The van der Waals surface area contributed by atoms with Crippen LogP contribution in [0, 0.1) is 0 Å². The molecule has 0 amide bonds. The van der Waals surface area contributed by atoms with Crippen LogP contribution in [0.4, 0.5) is 0 Å². The Balaban J connectivity index is 2.20. The molecule has 2 aromatic carbocycles. The van der Waals surface area contributed by atoms with Crippen molar-refractivity contribution in [3.8, 4) is 0 Å². The Morgan fingerprint density at radius 2 is 1.53 bits per heavy atom. The molecule has 0 unspecified atom stereocenters. The maximum atomic E-state index is 12.2. The van der Waals surface area contributed by atoms with Crippen molar-refractivity contribution in [1.29, 1.82) is 0 Å². The first-order valence-electron chi connectivity index (χ1n) is 6.05. The molecule has 0 aromatic heterocycles. The van der Waals surface area contributed by atoms with E-state index in [-0.39, 0.29) is 11.5 Å². The molecule has 0 radical (unpaired) electrons. The van der Waals surface area contributed by atoms with Gasteiger partial charge in [-0.15, -0.1) is 0 Å². The van der Waals surface area contributed by atoms with Crippen LogP contribution in [0.3, 0.4) is 0 Å². The van der Waals surface area contributed by atoms with E-state index in [1.807, 2.05) is 54.6 Å². The summed E-state index contributed by atoms with van der Waals surface area (Å²) in [6, 6.07) is 16.7. The minimum atomic E-state index is -3.17. The highest BCUT2D eigenvalue weighted by Gasteiger charge is 2.14. The summed E-state index contributed by atoms with van der Waals surface area (Å²) in [6.07, 6.45) is 1.69. The zero-order valence-electron chi connectivity index (χ0n) is 10.6. The molecule has 0 aliphatic rings. The van der Waals surface area contributed by atoms with E-state index in [1.165, 1.54) is 0 Å². The molecule has 0 saturated carbocycles. The topological polar surface area (TPSA) is 34.1 Å². The van der Waals surface area contributed by atoms with E-state index in [9.17, 15) is 8.42 Å². The van der Waals surface area contributed by atoms with Gasteiger partial charge in [-0.3, -0.25) is 0 Å². The van der Waals surface area contributed by atoms with Crippen LogP contribution < -0.4 is 0 Å². The van der Waals surface area contributed by atoms with Crippen LogP contribution in [0.1, 0.15) is 16.7 Å². The van der Waals surface area contributed by atoms with Gasteiger partial charge in [0.05, 0.1) is 11.5 Å². The molecule has 2 rings (SSSR count). The van der Waals surface area contributed by atoms with Gasteiger partial charge in [-0.25, -0.2) is 8.42 Å². The second-order valence-corrected chi connectivity index (χ2v) is 6.49. The summed E-state index contributed by atoms with van der Waals surface area (Å²) >= 11 is 0. The first-order valence-corrected chi connectivity index (χ1v) is 7.87. The van der Waals surface area contributed by atoms with Gasteiger partial charge >= 0.3 is 0 Å². The lowest BCUT2D eigenvalue weighted by atomic mass is 10.1. The van der Waals surface area contributed by atoms with Gasteiger partial charge in [-0.05, 0) is 16.7 Å². The smallest absolute Gasteiger partial charge is 0.158 e. The van der Waals surface area contributed by atoms with Crippen LogP contribution >= 0.6 is 0 Å². The first kappa shape index (κ1) is 13.6. The van der Waals surface area contributed by atoms with Gasteiger partial charge in [0, 0.05) is 0 Å². The molecule has 0 aliphatic carbocycles. The number of sulfone groups is 1. The average Bonchev–Trinajstić information content (AvgIpc) is 2.39. The van der Waals surface area contributed by atoms with Crippen LogP contribution in [-0.2, 0) is 21.3 Å². The third kappa shape index (κ3) is 3.80. The van der Waals surface area contributed by atoms with Gasteiger partial charge in [0.1, 0.15) is 0 Å². The summed E-state index contributed by atoms with van der Waals surface area (Å²) in [7, 11) is -3.17. The van der Waals surface area contributed by atoms with Gasteiger partial charge in [-0.2, -0.15) is 0 Å². The Hall–Kier alpha value is -1.87. The number of hydrogen-bond acceptors (Lipinski definition) is 2. The molecule has 0 heterocycles. The van der Waals surface area contributed by atoms with Crippen LogP contribution in [0.2, 0.25) is 0 Å². The third-order valence-corrected chi connectivity index (χ3v) is 4.40. The molecular weight excluding hydrogens is 256 g/mol. The van der Waals surface area contributed by atoms with Crippen molar-refractivity contribution in [3.05, 3.63) is 77.9 Å². The number of benzene rings is 2. The first-order chi connectivity index (χ1) is 9.11. The van der Waals surface area contributed by atoms with Gasteiger partial charge in [0.25, 0.3) is 0 Å². The van der Waals surface area contributed by atoms with E-state index in [0.29, 0.717) is 0 Å². The van der Waals surface area contributed by atoms with Crippen LogP contribution in [0.15, 0.2) is 61.2 Å². The number of hydrogen-bond donors (Lipinski definition) is 0. The normalized spacial score (nSPS) is 11.2. The van der Waals surface area contributed by atoms with Gasteiger partial charge < -0.3 is 0 Å². The zero-order chi connectivity index (χ0) is 13.7. The fraction of sp³-hybridized carbons (Fsp3) is 0.125. The lowest BCUT2D eigenvalue weighted by Gasteiger charge is -2.07. The molecule has 0 aliphatic heterocycles. The highest BCUT2D eigenvalue weighted by Crippen LogP contribution is 2.16. The summed E-state index contributed by atoms with van der Waals surface area (Å²) in [6.45, 7) is 3.71. The van der Waals surface area contributed by atoms with Gasteiger partial charge in [0.15, 0.2) is 9.84 Å². The van der Waals surface area contributed by atoms with Crippen LogP contribution in [0.25, 0.3) is 6.08 Å². The van der Waals surface area contributed by atoms with E-state index in [1.54, 1.807) is 6.08 Å². The van der Waals surface area contributed by atoms with Crippen molar-refractivity contribution in [2.45, 2.75) is 11.5 Å². The quantitative estimate of drug-likeness (QED) is 0.835. The van der Waals surface area contributed by atoms with Gasteiger partial charge in [0.2, 0.25) is 0 Å². The predicted molar refractivity (Wildman–Crippen MR) is 79.3 cm³/mol. The van der Waals surface area contributed by atoms with Crippen molar-refractivity contribution in [3.63, 3.8) is 0 Å². The van der Waals surface area contributed by atoms with Crippen LogP contribution in [0.5, 0.6) is 0 Å². The predicted octanol–water partition coefficient (Wildman–Crippen LogP) is 3.44. The Morgan fingerprint density at radius 1 is 0.895 bits per heavy atom. The SMILES string of the molecule is C=Cc1ccccc1CS(=O)(=O)Cc1ccccc1. The highest BCUT2D eigenvalue weighted by molar-refractivity contribution is 7.89. The van der Waals surface area contributed by atoms with Crippen molar-refractivity contribution < 1.29 is 8.42 Å². The minimum Gasteiger partial charge on any atom is -0.228 e. The summed E-state index contributed by atoms with van der Waals surface area (Å²) in [5.41, 5.74) is 2.49. The molecule has 0 spiro atoms. The van der Waals surface area contributed by atoms with E-state index in [2.05, 4.69) is 6.58 Å². The maximum Gasteiger partial charge on any atom is 0.158 e. The minimum absolute atomic E-state index is 0.0457. The Kier molecular flexibility index (Phi) is 4.17. The molecular formula is C16H16O2S. The summed E-state index contributed by atoms with van der Waals surface area (Å²) in [4.78, 5) is 0. The molecule has 19 heavy (non-hydrogen) atoms. The molecule has 2 aromatic rings. The van der Waals surface area contributed by atoms with E-state index >= 15 is 0 Å². The molecule has 0 saturated heterocycles. The lowest BCUT2D eigenvalue weighted by molar-refractivity contribution is 0.594. The molecule has 0 bridgehead atoms. The van der Waals surface area contributed by atoms with E-state index < -0.39 is 9.84 Å². The monoisotopic (exact) mass is 272 g/mol. The maximum absolute atomic E-state index is 12.2. The average molecular weight is 272 g/mol. The van der Waals surface area contributed by atoms with E-state index in [4.69, 9.17) is 0 Å². The summed E-state index contributed by atoms with van der Waals surface area (Å²) in [5.74, 6) is 0.114. The van der Waals surface area contributed by atoms with Crippen molar-refractivity contribution in [1.82, 2.24) is 0 Å². The Bertz CT molecular complexity index is 658. The molecule has 0 atom stereocenters. The van der Waals surface area contributed by atoms with Crippen molar-refractivity contribution in [2.75, 3.05) is 0 Å². The lowest BCUT2D eigenvalue weighted by Crippen LogP contribution is -2.08. The summed E-state index contributed by atoms with van der Waals surface area (Å²) < 4.78 is 24.4. The number of rotatable bonds is 5. The molecule has 0 N–H and O–H groups in total. The Morgan fingerprint density at radius 3 is 2.21 bits per heavy atom. The molecule has 0 fully saturated rings. The third-order valence-electron chi connectivity index (χ3n) is 2.88. The van der Waals surface area contributed by atoms with Crippen molar-refractivity contribution >= 4 is 15.9 Å². The van der Waals surface area contributed by atoms with Crippen molar-refractivity contribution in [2.24, 2.45) is 0 Å².